The number of hydrogen-bond donors (Lipinski definition) is 1. The zero-order chi connectivity index (χ0) is 7.40. The van der Waals surface area contributed by atoms with Gasteiger partial charge in [-0.15, -0.1) is 0 Å². The van der Waals surface area contributed by atoms with Crippen LogP contribution in [0.15, 0.2) is 0 Å². The molecule has 2 heteroatoms. The van der Waals surface area contributed by atoms with Gasteiger partial charge in [0.25, 0.3) is 0 Å². The lowest BCUT2D eigenvalue weighted by Gasteiger charge is -2.06. The van der Waals surface area contributed by atoms with E-state index in [1.807, 2.05) is 0 Å². The standard InChI is InChI=1S/C8H15NO.H2/c1-2-3-4-7-5-6-8(10)9-7;/h7H,2-6H2,1H3,(H,9,10);1H. The fraction of sp³-hybridized carbons (Fsp3) is 0.875. The first kappa shape index (κ1) is 7.58. The second-order valence-electron chi connectivity index (χ2n) is 2.95. The summed E-state index contributed by atoms with van der Waals surface area (Å²) in [5.74, 6) is 0.237. The number of rotatable bonds is 3. The topological polar surface area (TPSA) is 29.1 Å². The van der Waals surface area contributed by atoms with Crippen LogP contribution in [0.2, 0.25) is 0 Å². The van der Waals surface area contributed by atoms with Crippen LogP contribution in [0.5, 0.6) is 0 Å². The third kappa shape index (κ3) is 2.01. The fourth-order valence-corrected chi connectivity index (χ4v) is 1.34. The Hall–Kier alpha value is -0.530. The van der Waals surface area contributed by atoms with Crippen LogP contribution < -0.4 is 5.32 Å². The summed E-state index contributed by atoms with van der Waals surface area (Å²) in [4.78, 5) is 10.7. The lowest BCUT2D eigenvalue weighted by Crippen LogP contribution is -2.24. The van der Waals surface area contributed by atoms with Crippen LogP contribution >= 0.6 is 0 Å². The molecule has 10 heavy (non-hydrogen) atoms. The van der Waals surface area contributed by atoms with E-state index in [9.17, 15) is 4.79 Å². The molecule has 1 fully saturated rings. The maximum absolute atomic E-state index is 10.7. The Morgan fingerprint density at radius 3 is 3.10 bits per heavy atom. The first-order valence-corrected chi connectivity index (χ1v) is 4.12. The first-order valence-electron chi connectivity index (χ1n) is 4.12. The van der Waals surface area contributed by atoms with E-state index < -0.39 is 0 Å². The second-order valence-corrected chi connectivity index (χ2v) is 2.95. The average Bonchev–Trinajstić information content (AvgIpc) is 2.31. The van der Waals surface area contributed by atoms with Crippen LogP contribution in [0.3, 0.4) is 0 Å². The van der Waals surface area contributed by atoms with Crippen LogP contribution in [-0.2, 0) is 4.79 Å². The molecule has 1 aliphatic heterocycles. The highest BCUT2D eigenvalue weighted by atomic mass is 16.1. The minimum Gasteiger partial charge on any atom is -0.353 e. The zero-order valence-corrected chi connectivity index (χ0v) is 6.52. The largest absolute Gasteiger partial charge is 0.353 e. The molecular formula is C8H17NO. The molecule has 0 aromatic heterocycles. The van der Waals surface area contributed by atoms with Crippen molar-refractivity contribution in [2.75, 3.05) is 0 Å². The zero-order valence-electron chi connectivity index (χ0n) is 6.52. The molecule has 1 saturated heterocycles. The van der Waals surface area contributed by atoms with E-state index >= 15 is 0 Å². The van der Waals surface area contributed by atoms with Gasteiger partial charge in [0, 0.05) is 13.9 Å². The number of nitrogens with one attached hydrogen (secondary N) is 1. The van der Waals surface area contributed by atoms with Crippen molar-refractivity contribution in [2.45, 2.75) is 45.1 Å². The van der Waals surface area contributed by atoms with E-state index in [1.165, 1.54) is 19.3 Å². The number of unbranched alkanes of at least 4 members (excludes halogenated alkanes) is 1. The van der Waals surface area contributed by atoms with Crippen LogP contribution in [-0.4, -0.2) is 11.9 Å². The predicted molar refractivity (Wildman–Crippen MR) is 42.8 cm³/mol. The summed E-state index contributed by atoms with van der Waals surface area (Å²) in [5.41, 5.74) is 0. The van der Waals surface area contributed by atoms with Gasteiger partial charge < -0.3 is 5.32 Å². The summed E-state index contributed by atoms with van der Waals surface area (Å²) in [5, 5.41) is 2.95. The van der Waals surface area contributed by atoms with Crippen LogP contribution in [0.25, 0.3) is 0 Å². The van der Waals surface area contributed by atoms with Crippen molar-refractivity contribution in [1.29, 1.82) is 0 Å². The summed E-state index contributed by atoms with van der Waals surface area (Å²) >= 11 is 0. The first-order chi connectivity index (χ1) is 4.83. The van der Waals surface area contributed by atoms with Gasteiger partial charge in [0.05, 0.1) is 0 Å². The van der Waals surface area contributed by atoms with E-state index in [0.717, 1.165) is 12.8 Å². The molecule has 1 atom stereocenters. The SMILES string of the molecule is CCCCC1CCC(=O)N1.[HH]. The molecule has 1 unspecified atom stereocenters. The molecule has 2 nitrogen and oxygen atoms in total. The third-order valence-corrected chi connectivity index (χ3v) is 1.99. The van der Waals surface area contributed by atoms with Crippen LogP contribution in [0, 0.1) is 0 Å². The lowest BCUT2D eigenvalue weighted by molar-refractivity contribution is -0.119. The predicted octanol–water partition coefficient (Wildman–Crippen LogP) is 1.70. The minimum absolute atomic E-state index is 0. The molecule has 0 aliphatic carbocycles. The van der Waals surface area contributed by atoms with Gasteiger partial charge in [0.1, 0.15) is 0 Å². The molecule has 0 aromatic rings. The van der Waals surface area contributed by atoms with Crippen LogP contribution in [0.4, 0.5) is 0 Å². The lowest BCUT2D eigenvalue weighted by atomic mass is 10.1. The number of carbonyl (C=O) groups excluding carboxylic acids is 1. The Morgan fingerprint density at radius 1 is 1.80 bits per heavy atom. The summed E-state index contributed by atoms with van der Waals surface area (Å²) in [7, 11) is 0. The molecule has 1 heterocycles. The van der Waals surface area contributed by atoms with Gasteiger partial charge in [-0.2, -0.15) is 0 Å². The van der Waals surface area contributed by atoms with Crippen molar-refractivity contribution in [3.63, 3.8) is 0 Å². The van der Waals surface area contributed by atoms with E-state index in [2.05, 4.69) is 12.2 Å². The van der Waals surface area contributed by atoms with Gasteiger partial charge in [-0.1, -0.05) is 19.8 Å². The van der Waals surface area contributed by atoms with Gasteiger partial charge in [-0.3, -0.25) is 4.79 Å². The quantitative estimate of drug-likeness (QED) is 0.640. The van der Waals surface area contributed by atoms with Crippen molar-refractivity contribution in [3.8, 4) is 0 Å². The van der Waals surface area contributed by atoms with Crippen molar-refractivity contribution < 1.29 is 6.22 Å². The van der Waals surface area contributed by atoms with Gasteiger partial charge in [-0.05, 0) is 12.8 Å². The molecule has 1 aliphatic rings. The molecule has 0 radical (unpaired) electrons. The molecule has 0 saturated carbocycles. The number of carbonyl (C=O) groups is 1. The maximum atomic E-state index is 10.7. The summed E-state index contributed by atoms with van der Waals surface area (Å²) in [6.45, 7) is 2.18. The molecule has 1 rings (SSSR count). The van der Waals surface area contributed by atoms with E-state index in [1.54, 1.807) is 0 Å². The second kappa shape index (κ2) is 3.59. The third-order valence-electron chi connectivity index (χ3n) is 1.99. The highest BCUT2D eigenvalue weighted by Gasteiger charge is 2.19. The maximum Gasteiger partial charge on any atom is 0.220 e. The normalized spacial score (nSPS) is 24.9. The van der Waals surface area contributed by atoms with Crippen LogP contribution in [0.1, 0.15) is 40.5 Å². The summed E-state index contributed by atoms with van der Waals surface area (Å²) in [6, 6.07) is 0.493. The number of hydrogen-bond acceptors (Lipinski definition) is 1. The molecule has 0 bridgehead atoms. The molecular weight excluding hydrogens is 126 g/mol. The average molecular weight is 143 g/mol. The highest BCUT2D eigenvalue weighted by molar-refractivity contribution is 5.78. The summed E-state index contributed by atoms with van der Waals surface area (Å²) < 4.78 is 0. The minimum atomic E-state index is 0. The molecule has 0 aromatic carbocycles. The highest BCUT2D eigenvalue weighted by Crippen LogP contribution is 2.12. The van der Waals surface area contributed by atoms with Gasteiger partial charge in [0.2, 0.25) is 5.91 Å². The fourth-order valence-electron chi connectivity index (χ4n) is 1.34. The van der Waals surface area contributed by atoms with E-state index in [-0.39, 0.29) is 7.33 Å². The molecule has 1 amide bonds. The number of amides is 1. The van der Waals surface area contributed by atoms with Crippen molar-refractivity contribution >= 4 is 5.91 Å². The van der Waals surface area contributed by atoms with E-state index in [4.69, 9.17) is 0 Å². The molecule has 60 valence electrons. The van der Waals surface area contributed by atoms with Gasteiger partial charge in [0.15, 0.2) is 0 Å². The Labute approximate surface area is 63.5 Å². The smallest absolute Gasteiger partial charge is 0.220 e. The molecule has 0 spiro atoms. The van der Waals surface area contributed by atoms with E-state index in [0.29, 0.717) is 6.04 Å². The van der Waals surface area contributed by atoms with Gasteiger partial charge in [-0.25, -0.2) is 0 Å². The Bertz CT molecular complexity index is 127. The Kier molecular flexibility index (Phi) is 2.72. The molecule has 1 N–H and O–H groups in total. The van der Waals surface area contributed by atoms with Crippen molar-refractivity contribution in [1.82, 2.24) is 5.32 Å². The Morgan fingerprint density at radius 2 is 2.60 bits per heavy atom. The monoisotopic (exact) mass is 143 g/mol. The van der Waals surface area contributed by atoms with Crippen molar-refractivity contribution in [3.05, 3.63) is 0 Å². The summed E-state index contributed by atoms with van der Waals surface area (Å²) in [6.07, 6.45) is 5.44. The Balaban J connectivity index is 0.000001000. The van der Waals surface area contributed by atoms with Gasteiger partial charge >= 0.3 is 0 Å². The van der Waals surface area contributed by atoms with Crippen molar-refractivity contribution in [2.24, 2.45) is 0 Å².